The van der Waals surface area contributed by atoms with Crippen molar-refractivity contribution in [1.82, 2.24) is 0 Å². The third-order valence-electron chi connectivity index (χ3n) is 3.80. The summed E-state index contributed by atoms with van der Waals surface area (Å²) in [5.74, 6) is 0. The van der Waals surface area contributed by atoms with Gasteiger partial charge in [-0.1, -0.05) is 51.6 Å². The van der Waals surface area contributed by atoms with E-state index in [1.165, 1.54) is 6.08 Å². The molecule has 0 aliphatic carbocycles. The Bertz CT molecular complexity index is 653. The standard InChI is InChI=1S/C22H27F3O.C2H4/c1-15(9-7-8-11-23)17(3)13-21(24)20(6)18(4)14-22(25)19(5)16(2)10-12-26;1-2/h7,9-10,12,21-22,26H,1-6,8,11,13-14H2;1-2H2/b9-7-,12-10-;. The minimum Gasteiger partial charge on any atom is -0.516 e. The SMILES string of the molecule is C=C.C=C(/C=C\CCF)C(=C)CC(F)C(=C)C(=C)CC(F)C(=C)C(=C)/C=C\O. The van der Waals surface area contributed by atoms with Crippen LogP contribution in [0.15, 0.2) is 111 Å². The summed E-state index contributed by atoms with van der Waals surface area (Å²) >= 11 is 0. The molecule has 2 atom stereocenters. The molecule has 0 aromatic carbocycles. The number of aliphatic hydroxyl groups excluding tert-OH is 1. The topological polar surface area (TPSA) is 20.2 Å². The van der Waals surface area contributed by atoms with Gasteiger partial charge in [-0.15, -0.1) is 13.2 Å². The first-order chi connectivity index (χ1) is 13.1. The number of halogens is 3. The lowest BCUT2D eigenvalue weighted by Gasteiger charge is -2.18. The zero-order chi connectivity index (χ0) is 22.3. The van der Waals surface area contributed by atoms with Crippen LogP contribution in [0.2, 0.25) is 0 Å². The Morgan fingerprint density at radius 1 is 0.786 bits per heavy atom. The van der Waals surface area contributed by atoms with Gasteiger partial charge in [0.25, 0.3) is 0 Å². The third kappa shape index (κ3) is 10.4. The fourth-order valence-corrected chi connectivity index (χ4v) is 1.97. The Kier molecular flexibility index (Phi) is 15.0. The van der Waals surface area contributed by atoms with Gasteiger partial charge in [-0.05, 0) is 45.9 Å². The molecule has 0 saturated carbocycles. The van der Waals surface area contributed by atoms with Crippen LogP contribution in [0.5, 0.6) is 0 Å². The van der Waals surface area contributed by atoms with E-state index < -0.39 is 19.0 Å². The van der Waals surface area contributed by atoms with Crippen LogP contribution in [0.25, 0.3) is 0 Å². The van der Waals surface area contributed by atoms with E-state index >= 15 is 0 Å². The van der Waals surface area contributed by atoms with Crippen molar-refractivity contribution in [3.63, 3.8) is 0 Å². The van der Waals surface area contributed by atoms with E-state index in [4.69, 9.17) is 5.11 Å². The smallest absolute Gasteiger partial charge is 0.129 e. The summed E-state index contributed by atoms with van der Waals surface area (Å²) in [5.41, 5.74) is 1.56. The first kappa shape index (κ1) is 27.5. The van der Waals surface area contributed by atoms with Crippen molar-refractivity contribution in [1.29, 1.82) is 0 Å². The third-order valence-corrected chi connectivity index (χ3v) is 3.80. The van der Waals surface area contributed by atoms with Crippen LogP contribution >= 0.6 is 0 Å². The average Bonchev–Trinajstić information content (AvgIpc) is 2.68. The maximum atomic E-state index is 14.4. The van der Waals surface area contributed by atoms with Crippen molar-refractivity contribution in [2.45, 2.75) is 31.6 Å². The van der Waals surface area contributed by atoms with Gasteiger partial charge >= 0.3 is 0 Å². The molecule has 0 heterocycles. The normalized spacial score (nSPS) is 12.7. The monoisotopic (exact) mass is 392 g/mol. The molecule has 0 bridgehead atoms. The second-order valence-corrected chi connectivity index (χ2v) is 5.85. The van der Waals surface area contributed by atoms with Crippen LogP contribution in [-0.2, 0) is 0 Å². The number of aliphatic hydroxyl groups is 1. The van der Waals surface area contributed by atoms with Gasteiger partial charge in [-0.25, -0.2) is 8.78 Å². The summed E-state index contributed by atoms with van der Waals surface area (Å²) in [7, 11) is 0. The van der Waals surface area contributed by atoms with E-state index in [-0.39, 0.29) is 41.6 Å². The maximum Gasteiger partial charge on any atom is 0.129 e. The fraction of sp³-hybridized carbons (Fsp3) is 0.250. The molecule has 0 fully saturated rings. The average molecular weight is 393 g/mol. The van der Waals surface area contributed by atoms with Crippen LogP contribution in [0, 0.1) is 0 Å². The minimum absolute atomic E-state index is 0.0610. The Balaban J connectivity index is 0. The van der Waals surface area contributed by atoms with Crippen molar-refractivity contribution < 1.29 is 18.3 Å². The molecule has 28 heavy (non-hydrogen) atoms. The van der Waals surface area contributed by atoms with E-state index in [2.05, 4.69) is 52.6 Å². The number of hydrogen-bond donors (Lipinski definition) is 1. The Hall–Kier alpha value is -2.75. The lowest BCUT2D eigenvalue weighted by molar-refractivity contribution is 0.365. The molecule has 0 aliphatic heterocycles. The number of rotatable bonds is 13. The molecule has 0 aromatic rings. The first-order valence-electron chi connectivity index (χ1n) is 8.59. The molecule has 0 spiro atoms. The molecule has 0 aromatic heterocycles. The van der Waals surface area contributed by atoms with Crippen LogP contribution in [0.1, 0.15) is 19.3 Å². The van der Waals surface area contributed by atoms with Crippen molar-refractivity contribution in [2.24, 2.45) is 0 Å². The predicted molar refractivity (Wildman–Crippen MR) is 117 cm³/mol. The molecule has 1 nitrogen and oxygen atoms in total. The first-order valence-corrected chi connectivity index (χ1v) is 8.59. The molecule has 4 heteroatoms. The van der Waals surface area contributed by atoms with Gasteiger partial charge in [0.1, 0.15) is 12.3 Å². The van der Waals surface area contributed by atoms with Gasteiger partial charge in [-0.3, -0.25) is 4.39 Å². The van der Waals surface area contributed by atoms with E-state index in [0.29, 0.717) is 11.1 Å². The Morgan fingerprint density at radius 3 is 1.79 bits per heavy atom. The van der Waals surface area contributed by atoms with Crippen LogP contribution in [-0.4, -0.2) is 24.1 Å². The summed E-state index contributed by atoms with van der Waals surface area (Å²) < 4.78 is 40.7. The van der Waals surface area contributed by atoms with Crippen LogP contribution in [0.3, 0.4) is 0 Å². The molecular weight excluding hydrogens is 361 g/mol. The van der Waals surface area contributed by atoms with Gasteiger partial charge in [0, 0.05) is 12.8 Å². The highest BCUT2D eigenvalue weighted by molar-refractivity contribution is 5.41. The van der Waals surface area contributed by atoms with E-state index in [1.807, 2.05) is 0 Å². The van der Waals surface area contributed by atoms with E-state index in [0.717, 1.165) is 6.26 Å². The highest BCUT2D eigenvalue weighted by Gasteiger charge is 2.20. The zero-order valence-corrected chi connectivity index (χ0v) is 16.5. The van der Waals surface area contributed by atoms with Crippen molar-refractivity contribution in [2.75, 3.05) is 6.67 Å². The summed E-state index contributed by atoms with van der Waals surface area (Å²) in [5, 5.41) is 8.68. The molecule has 2 unspecified atom stereocenters. The highest BCUT2D eigenvalue weighted by atomic mass is 19.1. The van der Waals surface area contributed by atoms with Crippen molar-refractivity contribution in [3.05, 3.63) is 111 Å². The van der Waals surface area contributed by atoms with Gasteiger partial charge < -0.3 is 5.11 Å². The summed E-state index contributed by atoms with van der Waals surface area (Å²) in [6.45, 7) is 27.5. The van der Waals surface area contributed by atoms with E-state index in [9.17, 15) is 13.2 Å². The summed E-state index contributed by atoms with van der Waals surface area (Å²) in [4.78, 5) is 0. The molecule has 0 radical (unpaired) electrons. The van der Waals surface area contributed by atoms with Crippen LogP contribution in [0.4, 0.5) is 13.2 Å². The molecule has 0 aliphatic rings. The lowest BCUT2D eigenvalue weighted by Crippen LogP contribution is -2.12. The second-order valence-electron chi connectivity index (χ2n) is 5.85. The van der Waals surface area contributed by atoms with Gasteiger partial charge in [0.15, 0.2) is 0 Å². The van der Waals surface area contributed by atoms with E-state index in [1.54, 1.807) is 12.2 Å². The summed E-state index contributed by atoms with van der Waals surface area (Å²) in [6, 6.07) is 0. The number of hydrogen-bond acceptors (Lipinski definition) is 1. The molecule has 0 rings (SSSR count). The Labute approximate surface area is 167 Å². The number of allylic oxidation sites excluding steroid dienone is 9. The van der Waals surface area contributed by atoms with Crippen molar-refractivity contribution in [3.8, 4) is 0 Å². The van der Waals surface area contributed by atoms with Crippen LogP contribution < -0.4 is 0 Å². The highest BCUT2D eigenvalue weighted by Crippen LogP contribution is 2.28. The second kappa shape index (κ2) is 15.3. The minimum atomic E-state index is -1.52. The van der Waals surface area contributed by atoms with Gasteiger partial charge in [0.05, 0.1) is 12.9 Å². The molecule has 0 saturated heterocycles. The van der Waals surface area contributed by atoms with Gasteiger partial charge in [-0.2, -0.15) is 0 Å². The quantitative estimate of drug-likeness (QED) is 0.195. The predicted octanol–water partition coefficient (Wildman–Crippen LogP) is 7.57. The van der Waals surface area contributed by atoms with Gasteiger partial charge in [0.2, 0.25) is 0 Å². The molecule has 1 N–H and O–H groups in total. The fourth-order valence-electron chi connectivity index (χ4n) is 1.97. The Morgan fingerprint density at radius 2 is 1.29 bits per heavy atom. The molecule has 0 amide bonds. The number of alkyl halides is 3. The molecular formula is C24H31F3O. The zero-order valence-electron chi connectivity index (χ0n) is 16.5. The molecule has 154 valence electrons. The largest absolute Gasteiger partial charge is 0.516 e. The maximum absolute atomic E-state index is 14.4. The van der Waals surface area contributed by atoms with Crippen molar-refractivity contribution >= 4 is 0 Å². The lowest BCUT2D eigenvalue weighted by atomic mass is 9.91. The summed E-state index contributed by atoms with van der Waals surface area (Å²) in [6.07, 6.45) is 2.17.